The van der Waals surface area contributed by atoms with Crippen molar-refractivity contribution in [1.29, 1.82) is 0 Å². The molecular formula is C50H68N4O12. The van der Waals surface area contributed by atoms with Gasteiger partial charge in [-0.05, 0) is 97.0 Å². The zero-order chi connectivity index (χ0) is 47.9. The summed E-state index contributed by atoms with van der Waals surface area (Å²) in [6, 6.07) is 14.8. The summed E-state index contributed by atoms with van der Waals surface area (Å²) in [7, 11) is 5.33. The second-order valence-electron chi connectivity index (χ2n) is 18.7. The number of carbonyl (C=O) groups is 3. The Bertz CT molecular complexity index is 2190. The van der Waals surface area contributed by atoms with Crippen LogP contribution in [-0.4, -0.2) is 132 Å². The van der Waals surface area contributed by atoms with Crippen LogP contribution < -0.4 is 0 Å². The highest BCUT2D eigenvalue weighted by molar-refractivity contribution is 5.89. The highest BCUT2D eigenvalue weighted by Gasteiger charge is 2.59. The van der Waals surface area contributed by atoms with Gasteiger partial charge in [-0.1, -0.05) is 63.2 Å². The summed E-state index contributed by atoms with van der Waals surface area (Å²) in [4.78, 5) is 58.5. The number of para-hydroxylation sites is 1. The zero-order valence-electron chi connectivity index (χ0n) is 40.1. The lowest BCUT2D eigenvalue weighted by Crippen LogP contribution is -2.60. The van der Waals surface area contributed by atoms with E-state index < -0.39 is 89.8 Å². The lowest BCUT2D eigenvalue weighted by atomic mass is 9.73. The largest absolute Gasteiger partial charge is 0.509 e. The molecule has 2 aromatic heterocycles. The van der Waals surface area contributed by atoms with E-state index in [4.69, 9.17) is 43.2 Å². The summed E-state index contributed by atoms with van der Waals surface area (Å²) >= 11 is 0. The fourth-order valence-electron chi connectivity index (χ4n) is 9.94. The number of carbonyl (C=O) groups excluding carboxylic acids is 3. The van der Waals surface area contributed by atoms with E-state index in [-0.39, 0.29) is 38.0 Å². The topological polar surface area (TPSA) is 187 Å². The molecule has 0 radical (unpaired) electrons. The standard InChI is InChI=1S/C50H68N4O12/c1-12-39-50(8)45(65-48(58)66-50)31(4)41(53-60-23-17-18-34-25-35-19-13-14-21-37(35)52-28-34)29(2)27-49(7,59-11)44(64-47-42(56)38(54(9)10)24-30(3)61-47)32(5)43(33(6)46(57)62-39)63-40(55)26-36-20-15-16-22-51-36/h13-22,25,28-33,38-39,42-45,47,56H,12,23-24,26-27H2,1-11H3/b18-17+,53-41+/t29-,30-,31+,32+,33-,38+,39-,42-,43+,44-,45-,47+,49-,50-/m1/s1. The van der Waals surface area contributed by atoms with Gasteiger partial charge in [0.2, 0.25) is 0 Å². The molecule has 66 heavy (non-hydrogen) atoms. The Labute approximate surface area is 388 Å². The monoisotopic (exact) mass is 916 g/mol. The molecule has 0 spiro atoms. The number of fused-ring (bicyclic) bond motifs is 2. The molecular weight excluding hydrogens is 849 g/mol. The minimum Gasteiger partial charge on any atom is -0.461 e. The van der Waals surface area contributed by atoms with Gasteiger partial charge < -0.3 is 48.0 Å². The Hall–Kier alpha value is -5.00. The molecule has 1 N–H and O–H groups in total. The number of cyclic esters (lactones) is 1. The molecule has 16 heteroatoms. The first-order valence-electron chi connectivity index (χ1n) is 23.0. The number of aliphatic hydroxyl groups excluding tert-OH is 1. The molecule has 3 fully saturated rings. The van der Waals surface area contributed by atoms with Crippen molar-refractivity contribution in [3.8, 4) is 0 Å². The van der Waals surface area contributed by atoms with Crippen molar-refractivity contribution in [2.45, 2.75) is 141 Å². The third-order valence-electron chi connectivity index (χ3n) is 13.6. The number of hydrogen-bond acceptors (Lipinski definition) is 16. The smallest absolute Gasteiger partial charge is 0.461 e. The summed E-state index contributed by atoms with van der Waals surface area (Å²) in [5.41, 5.74) is 0.0611. The van der Waals surface area contributed by atoms with Gasteiger partial charge in [0.15, 0.2) is 18.0 Å². The fourth-order valence-corrected chi connectivity index (χ4v) is 9.94. The van der Waals surface area contributed by atoms with E-state index >= 15 is 0 Å². The van der Waals surface area contributed by atoms with Gasteiger partial charge in [-0.2, -0.15) is 0 Å². The molecule has 5 heterocycles. The van der Waals surface area contributed by atoms with Crippen molar-refractivity contribution < 1.29 is 57.5 Å². The lowest BCUT2D eigenvalue weighted by Gasteiger charge is -2.48. The van der Waals surface area contributed by atoms with Gasteiger partial charge in [0.1, 0.15) is 24.9 Å². The summed E-state index contributed by atoms with van der Waals surface area (Å²) in [5.74, 6) is -4.31. The summed E-state index contributed by atoms with van der Waals surface area (Å²) < 4.78 is 44.3. The van der Waals surface area contributed by atoms with E-state index in [9.17, 15) is 19.5 Å². The third-order valence-corrected chi connectivity index (χ3v) is 13.6. The number of pyridine rings is 2. The van der Waals surface area contributed by atoms with Crippen LogP contribution >= 0.6 is 0 Å². The maximum Gasteiger partial charge on any atom is 0.509 e. The van der Waals surface area contributed by atoms with Crippen molar-refractivity contribution in [3.05, 3.63) is 78.3 Å². The van der Waals surface area contributed by atoms with Crippen LogP contribution in [0.25, 0.3) is 17.0 Å². The molecule has 3 aliphatic rings. The molecule has 1 aromatic carbocycles. The van der Waals surface area contributed by atoms with Gasteiger partial charge in [-0.25, -0.2) is 4.79 Å². The van der Waals surface area contributed by atoms with E-state index in [1.54, 1.807) is 51.6 Å². The molecule has 360 valence electrons. The highest BCUT2D eigenvalue weighted by atomic mass is 16.8. The minimum absolute atomic E-state index is 0.0963. The van der Waals surface area contributed by atoms with E-state index in [2.05, 4.69) is 9.97 Å². The lowest BCUT2D eigenvalue weighted by molar-refractivity contribution is -0.301. The highest BCUT2D eigenvalue weighted by Crippen LogP contribution is 2.43. The number of aromatic nitrogens is 2. The number of aliphatic hydroxyl groups is 1. The molecule has 0 bridgehead atoms. The van der Waals surface area contributed by atoms with Crippen LogP contribution in [0.15, 0.2) is 72.2 Å². The van der Waals surface area contributed by atoms with Gasteiger partial charge in [-0.3, -0.25) is 19.6 Å². The Morgan fingerprint density at radius 3 is 2.45 bits per heavy atom. The summed E-state index contributed by atoms with van der Waals surface area (Å²) in [6.07, 6.45) is 0.423. The van der Waals surface area contributed by atoms with E-state index in [0.29, 0.717) is 17.8 Å². The predicted octanol–water partition coefficient (Wildman–Crippen LogP) is 6.95. The first-order valence-corrected chi connectivity index (χ1v) is 23.0. The number of nitrogens with zero attached hydrogens (tertiary/aromatic N) is 4. The van der Waals surface area contributed by atoms with Gasteiger partial charge in [-0.15, -0.1) is 0 Å². The van der Waals surface area contributed by atoms with Gasteiger partial charge in [0.25, 0.3) is 0 Å². The van der Waals surface area contributed by atoms with Crippen molar-refractivity contribution in [1.82, 2.24) is 14.9 Å². The number of ether oxygens (including phenoxy) is 7. The zero-order valence-corrected chi connectivity index (χ0v) is 40.1. The molecule has 0 amide bonds. The fraction of sp³-hybridized carbons (Fsp3) is 0.600. The Kier molecular flexibility index (Phi) is 16.6. The molecule has 3 aliphatic heterocycles. The number of hydrogen-bond donors (Lipinski definition) is 1. The second-order valence-corrected chi connectivity index (χ2v) is 18.7. The number of oxime groups is 1. The number of benzene rings is 1. The SMILES string of the molecule is CC[C@H]1OC(=O)[C@H](C)[C@@H](OC(=O)Cc2ccccn2)[C@H](C)[C@@H](O[C@@H]2O[C@H](C)C[C@H](N(C)C)[C@H]2O)[C@](C)(OC)C[C@@H](C)/C(=N\OC/C=C/c2cnc3ccccc3c2)[C@H](C)[C@H]2OC(=O)O[C@@]21C. The molecule has 3 saturated heterocycles. The molecule has 6 rings (SSSR count). The maximum absolute atomic E-state index is 14.6. The van der Waals surface area contributed by atoms with Crippen LogP contribution in [0.3, 0.4) is 0 Å². The minimum atomic E-state index is -1.46. The van der Waals surface area contributed by atoms with E-state index in [1.165, 1.54) is 0 Å². The van der Waals surface area contributed by atoms with Gasteiger partial charge in [0.05, 0.1) is 47.1 Å². The Morgan fingerprint density at radius 2 is 1.76 bits per heavy atom. The average Bonchev–Trinajstić information content (AvgIpc) is 3.61. The van der Waals surface area contributed by atoms with Crippen LogP contribution in [0.1, 0.15) is 85.9 Å². The normalized spacial score (nSPS) is 35.2. The number of esters is 2. The predicted molar refractivity (Wildman–Crippen MR) is 246 cm³/mol. The van der Waals surface area contributed by atoms with Crippen molar-refractivity contribution >= 4 is 40.8 Å². The van der Waals surface area contributed by atoms with Crippen LogP contribution in [0.4, 0.5) is 4.79 Å². The molecule has 16 nitrogen and oxygen atoms in total. The summed E-state index contributed by atoms with van der Waals surface area (Å²) in [5, 5.41) is 17.6. The molecule has 3 aromatic rings. The molecule has 0 aliphatic carbocycles. The quantitative estimate of drug-likeness (QED) is 0.0851. The van der Waals surface area contributed by atoms with Gasteiger partial charge in [0, 0.05) is 48.7 Å². The third kappa shape index (κ3) is 11.4. The van der Waals surface area contributed by atoms with Gasteiger partial charge >= 0.3 is 18.1 Å². The van der Waals surface area contributed by atoms with E-state index in [1.807, 2.05) is 103 Å². The first kappa shape index (κ1) is 50.4. The van der Waals surface area contributed by atoms with Crippen molar-refractivity contribution in [2.24, 2.45) is 28.8 Å². The summed E-state index contributed by atoms with van der Waals surface area (Å²) in [6.45, 7) is 14.7. The van der Waals surface area contributed by atoms with Crippen LogP contribution in [0.5, 0.6) is 0 Å². The number of methoxy groups -OCH3 is 1. The first-order chi connectivity index (χ1) is 31.4. The molecule has 14 atom stereocenters. The Balaban J connectivity index is 1.42. The van der Waals surface area contributed by atoms with Crippen LogP contribution in [0, 0.1) is 23.7 Å². The van der Waals surface area contributed by atoms with Crippen molar-refractivity contribution in [3.63, 3.8) is 0 Å². The van der Waals surface area contributed by atoms with Crippen LogP contribution in [-0.2, 0) is 54.0 Å². The number of rotatable bonds is 12. The molecule has 0 unspecified atom stereocenters. The second kappa shape index (κ2) is 21.7. The Morgan fingerprint density at radius 1 is 1.02 bits per heavy atom. The van der Waals surface area contributed by atoms with Crippen LogP contribution in [0.2, 0.25) is 0 Å². The molecule has 0 saturated carbocycles. The van der Waals surface area contributed by atoms with Crippen molar-refractivity contribution in [2.75, 3.05) is 27.8 Å². The number of likely N-dealkylation sites (N-methyl/N-ethyl adjacent to an activating group) is 1. The average molecular weight is 917 g/mol. The maximum atomic E-state index is 14.6. The van der Waals surface area contributed by atoms with E-state index in [0.717, 1.165) is 16.5 Å².